The fourth-order valence-corrected chi connectivity index (χ4v) is 2.32. The lowest BCUT2D eigenvalue weighted by Gasteiger charge is -1.94. The zero-order chi connectivity index (χ0) is 13.2. The number of pyridine rings is 1. The van der Waals surface area contributed by atoms with Crippen molar-refractivity contribution in [3.8, 4) is 0 Å². The Bertz CT molecular complexity index is 762. The highest BCUT2D eigenvalue weighted by Crippen LogP contribution is 2.23. The predicted molar refractivity (Wildman–Crippen MR) is 79.9 cm³/mol. The fourth-order valence-electron chi connectivity index (χ4n) is 2.15. The van der Waals surface area contributed by atoms with E-state index in [4.69, 9.17) is 11.6 Å². The Morgan fingerprint density at radius 3 is 2.85 bits per heavy atom. The molecule has 102 valence electrons. The molecule has 2 heterocycles. The Morgan fingerprint density at radius 2 is 2.05 bits per heavy atom. The van der Waals surface area contributed by atoms with Crippen LogP contribution in [0, 0.1) is 0 Å². The molecule has 0 amide bonds. The van der Waals surface area contributed by atoms with E-state index in [-0.39, 0.29) is 24.0 Å². The topological polar surface area (TPSA) is 19.7 Å². The predicted octanol–water partition coefficient (Wildman–Crippen LogP) is 0.820. The molecule has 20 heavy (non-hydrogen) atoms. The third-order valence-corrected chi connectivity index (χ3v) is 3.33. The van der Waals surface area contributed by atoms with Crippen molar-refractivity contribution in [1.82, 2.24) is 4.98 Å². The molecule has 1 aromatic carbocycles. The quantitative estimate of drug-likeness (QED) is 0.489. The van der Waals surface area contributed by atoms with Crippen LogP contribution >= 0.6 is 11.6 Å². The minimum absolute atomic E-state index is 0. The standard InChI is InChI=1S/C16H14ClN2.HI/c1-19-8-2-3-12(11-19)4-5-13-10-18-16-7-6-14(17)9-15(13)16;/h2-11,18H,1H3;1H/q+1;/p-1/b5-4+;. The molecule has 0 aliphatic heterocycles. The van der Waals surface area contributed by atoms with Crippen molar-refractivity contribution in [2.45, 2.75) is 0 Å². The molecular formula is C16H14ClIN2. The lowest BCUT2D eigenvalue weighted by molar-refractivity contribution is -0.671. The molecule has 0 aliphatic carbocycles. The van der Waals surface area contributed by atoms with Crippen LogP contribution in [0.25, 0.3) is 23.1 Å². The summed E-state index contributed by atoms with van der Waals surface area (Å²) < 4.78 is 2.03. The third-order valence-electron chi connectivity index (χ3n) is 3.09. The summed E-state index contributed by atoms with van der Waals surface area (Å²) in [5.41, 5.74) is 3.41. The number of halogens is 2. The maximum absolute atomic E-state index is 6.04. The Labute approximate surface area is 140 Å². The average molecular weight is 397 g/mol. The van der Waals surface area contributed by atoms with Crippen molar-refractivity contribution in [2.75, 3.05) is 0 Å². The van der Waals surface area contributed by atoms with Gasteiger partial charge in [-0.25, -0.2) is 4.57 Å². The van der Waals surface area contributed by atoms with Gasteiger partial charge in [-0.15, -0.1) is 0 Å². The smallest absolute Gasteiger partial charge is 0.175 e. The zero-order valence-corrected chi connectivity index (χ0v) is 13.9. The lowest BCUT2D eigenvalue weighted by atomic mass is 10.1. The second-order valence-corrected chi connectivity index (χ2v) is 5.01. The third kappa shape index (κ3) is 3.22. The highest BCUT2D eigenvalue weighted by molar-refractivity contribution is 6.31. The van der Waals surface area contributed by atoms with Gasteiger partial charge >= 0.3 is 0 Å². The van der Waals surface area contributed by atoms with E-state index in [1.165, 1.54) is 5.56 Å². The number of aromatic amines is 1. The first-order chi connectivity index (χ1) is 9.22. The Kier molecular flexibility index (Phi) is 4.83. The number of benzene rings is 1. The Morgan fingerprint density at radius 1 is 1.20 bits per heavy atom. The van der Waals surface area contributed by atoms with Gasteiger partial charge in [0.2, 0.25) is 0 Å². The number of nitrogens with one attached hydrogen (secondary N) is 1. The van der Waals surface area contributed by atoms with E-state index >= 15 is 0 Å². The average Bonchev–Trinajstić information content (AvgIpc) is 2.79. The molecule has 0 spiro atoms. The summed E-state index contributed by atoms with van der Waals surface area (Å²) in [5, 5.41) is 1.90. The summed E-state index contributed by atoms with van der Waals surface area (Å²) in [4.78, 5) is 3.25. The van der Waals surface area contributed by atoms with Crippen molar-refractivity contribution in [1.29, 1.82) is 0 Å². The van der Waals surface area contributed by atoms with Crippen molar-refractivity contribution in [2.24, 2.45) is 7.05 Å². The van der Waals surface area contributed by atoms with Gasteiger partial charge in [0.15, 0.2) is 12.4 Å². The molecule has 0 unspecified atom stereocenters. The summed E-state index contributed by atoms with van der Waals surface area (Å²) in [6.07, 6.45) is 10.3. The van der Waals surface area contributed by atoms with Crippen LogP contribution in [-0.4, -0.2) is 4.98 Å². The number of aryl methyl sites for hydroxylation is 1. The van der Waals surface area contributed by atoms with E-state index in [9.17, 15) is 0 Å². The summed E-state index contributed by atoms with van der Waals surface area (Å²) in [6, 6.07) is 9.99. The summed E-state index contributed by atoms with van der Waals surface area (Å²) >= 11 is 6.04. The minimum Gasteiger partial charge on any atom is -1.00 e. The van der Waals surface area contributed by atoms with E-state index in [0.717, 1.165) is 21.5 Å². The van der Waals surface area contributed by atoms with E-state index < -0.39 is 0 Å². The number of hydrogen-bond donors (Lipinski definition) is 1. The minimum atomic E-state index is 0. The maximum Gasteiger partial charge on any atom is 0.175 e. The van der Waals surface area contributed by atoms with E-state index in [0.29, 0.717) is 0 Å². The zero-order valence-electron chi connectivity index (χ0n) is 11.0. The van der Waals surface area contributed by atoms with Crippen molar-refractivity contribution >= 4 is 34.7 Å². The van der Waals surface area contributed by atoms with Crippen LogP contribution in [0.15, 0.2) is 48.9 Å². The lowest BCUT2D eigenvalue weighted by Crippen LogP contribution is -3.00. The molecule has 0 radical (unpaired) electrons. The number of fused-ring (bicyclic) bond motifs is 1. The van der Waals surface area contributed by atoms with Crippen LogP contribution in [-0.2, 0) is 7.05 Å². The molecule has 1 N–H and O–H groups in total. The van der Waals surface area contributed by atoms with Crippen LogP contribution in [0.2, 0.25) is 5.02 Å². The molecule has 2 aromatic heterocycles. The van der Waals surface area contributed by atoms with E-state index in [1.54, 1.807) is 0 Å². The van der Waals surface area contributed by atoms with Crippen LogP contribution < -0.4 is 28.5 Å². The first kappa shape index (κ1) is 15.1. The summed E-state index contributed by atoms with van der Waals surface area (Å²) in [5.74, 6) is 0. The molecule has 0 saturated heterocycles. The van der Waals surface area contributed by atoms with Gasteiger partial charge in [-0.1, -0.05) is 17.7 Å². The molecule has 0 fully saturated rings. The molecular weight excluding hydrogens is 383 g/mol. The van der Waals surface area contributed by atoms with Gasteiger partial charge in [0.1, 0.15) is 7.05 Å². The highest BCUT2D eigenvalue weighted by Gasteiger charge is 2.01. The summed E-state index contributed by atoms with van der Waals surface area (Å²) in [7, 11) is 2.02. The fraction of sp³-hybridized carbons (Fsp3) is 0.0625. The summed E-state index contributed by atoms with van der Waals surface area (Å²) in [6.45, 7) is 0. The number of nitrogens with zero attached hydrogens (tertiary/aromatic N) is 1. The number of rotatable bonds is 2. The van der Waals surface area contributed by atoms with Crippen molar-refractivity contribution < 1.29 is 28.5 Å². The van der Waals surface area contributed by atoms with E-state index in [1.807, 2.05) is 48.3 Å². The molecule has 0 aliphatic rings. The van der Waals surface area contributed by atoms with Crippen LogP contribution in [0.1, 0.15) is 11.1 Å². The number of aromatic nitrogens is 2. The molecule has 3 rings (SSSR count). The van der Waals surface area contributed by atoms with Crippen molar-refractivity contribution in [3.63, 3.8) is 0 Å². The number of H-pyrrole nitrogens is 1. The molecule has 4 heteroatoms. The van der Waals surface area contributed by atoms with Gasteiger partial charge in [0.05, 0.1) is 0 Å². The first-order valence-corrected chi connectivity index (χ1v) is 6.50. The van der Waals surface area contributed by atoms with Gasteiger partial charge in [-0.3, -0.25) is 0 Å². The van der Waals surface area contributed by atoms with E-state index in [2.05, 4.69) is 29.4 Å². The Balaban J connectivity index is 0.00000147. The normalized spacial score (nSPS) is 10.9. The molecule has 0 atom stereocenters. The molecule has 0 bridgehead atoms. The SMILES string of the molecule is C[n+]1cccc(/C=C/c2c[nH]c3ccc(Cl)cc23)c1.[I-]. The van der Waals surface area contributed by atoms with Crippen LogP contribution in [0.5, 0.6) is 0 Å². The molecule has 2 nitrogen and oxygen atoms in total. The van der Waals surface area contributed by atoms with Gasteiger partial charge in [-0.05, 0) is 35.9 Å². The molecule has 3 aromatic rings. The van der Waals surface area contributed by atoms with Crippen LogP contribution in [0.4, 0.5) is 0 Å². The monoisotopic (exact) mass is 396 g/mol. The van der Waals surface area contributed by atoms with Crippen molar-refractivity contribution in [3.05, 3.63) is 65.1 Å². The maximum atomic E-state index is 6.04. The van der Waals surface area contributed by atoms with Gasteiger partial charge in [0, 0.05) is 33.8 Å². The Hall–Kier alpha value is -1.33. The first-order valence-electron chi connectivity index (χ1n) is 6.12. The molecule has 0 saturated carbocycles. The van der Waals surface area contributed by atoms with Gasteiger partial charge in [-0.2, -0.15) is 0 Å². The van der Waals surface area contributed by atoms with Crippen LogP contribution in [0.3, 0.4) is 0 Å². The highest BCUT2D eigenvalue weighted by atomic mass is 127. The number of hydrogen-bond acceptors (Lipinski definition) is 0. The second-order valence-electron chi connectivity index (χ2n) is 4.57. The van der Waals surface area contributed by atoms with Gasteiger partial charge < -0.3 is 29.0 Å². The van der Waals surface area contributed by atoms with Gasteiger partial charge in [0.25, 0.3) is 0 Å². The largest absolute Gasteiger partial charge is 1.00 e. The second kappa shape index (κ2) is 6.41.